The van der Waals surface area contributed by atoms with Crippen molar-refractivity contribution < 1.29 is 0 Å². The summed E-state index contributed by atoms with van der Waals surface area (Å²) in [7, 11) is 0. The lowest BCUT2D eigenvalue weighted by atomic mass is 10.3. The van der Waals surface area contributed by atoms with Gasteiger partial charge in [-0.2, -0.15) is 11.8 Å². The van der Waals surface area contributed by atoms with Crippen molar-refractivity contribution in [2.75, 3.05) is 11.5 Å². The molecule has 88 valence electrons. The normalized spacial score (nSPS) is 9.87. The summed E-state index contributed by atoms with van der Waals surface area (Å²) in [5.41, 5.74) is 0. The Morgan fingerprint density at radius 2 is 1.20 bits per heavy atom. The smallest absolute Gasteiger partial charge is 0.102 e. The van der Waals surface area contributed by atoms with E-state index in [2.05, 4.69) is 0 Å². The molecule has 5 heteroatoms. The van der Waals surface area contributed by atoms with Crippen molar-refractivity contribution in [2.45, 2.75) is 25.7 Å². The molecule has 0 saturated heterocycles. The van der Waals surface area contributed by atoms with Crippen LogP contribution in [0.15, 0.2) is 21.1 Å². The molecule has 0 rings (SSSR count). The van der Waals surface area contributed by atoms with E-state index in [9.17, 15) is 0 Å². The highest BCUT2D eigenvalue weighted by atomic mass is 35.5. The molecule has 0 aliphatic rings. The summed E-state index contributed by atoms with van der Waals surface area (Å²) >= 11 is 23.8. The predicted molar refractivity (Wildman–Crippen MR) is 75.4 cm³/mol. The summed E-state index contributed by atoms with van der Waals surface area (Å²) in [5, 5.41) is 0. The summed E-state index contributed by atoms with van der Waals surface area (Å²) < 4.78 is 0.726. The second kappa shape index (κ2) is 11.5. The van der Waals surface area contributed by atoms with Crippen molar-refractivity contribution in [3.05, 3.63) is 21.1 Å². The Morgan fingerprint density at radius 1 is 0.800 bits per heavy atom. The van der Waals surface area contributed by atoms with Crippen LogP contribution in [0.25, 0.3) is 0 Å². The topological polar surface area (TPSA) is 0 Å². The Labute approximate surface area is 116 Å². The van der Waals surface area contributed by atoms with Crippen molar-refractivity contribution in [3.8, 4) is 0 Å². The Morgan fingerprint density at radius 3 is 1.53 bits per heavy atom. The molecule has 0 unspecified atom stereocenters. The quantitative estimate of drug-likeness (QED) is 0.502. The molecule has 0 heterocycles. The van der Waals surface area contributed by atoms with Crippen LogP contribution in [0.2, 0.25) is 0 Å². The molecule has 0 aromatic rings. The maximum atomic E-state index is 5.48. The minimum atomic E-state index is 0.363. The molecule has 0 atom stereocenters. The minimum Gasteiger partial charge on any atom is -0.162 e. The zero-order valence-electron chi connectivity index (χ0n) is 8.32. The van der Waals surface area contributed by atoms with Gasteiger partial charge in [0.05, 0.1) is 0 Å². The number of rotatable bonds is 8. The van der Waals surface area contributed by atoms with Gasteiger partial charge >= 0.3 is 0 Å². The standard InChI is InChI=1S/C10H14Cl4S/c11-9(12)5-1-3-7-15-8-4-2-6-10(13)14/h5-6H,1-4,7-8H2. The fourth-order valence-corrected chi connectivity index (χ4v) is 2.28. The minimum absolute atomic E-state index is 0.363. The van der Waals surface area contributed by atoms with Crippen LogP contribution in [0.4, 0.5) is 0 Å². The van der Waals surface area contributed by atoms with Crippen LogP contribution in [-0.4, -0.2) is 11.5 Å². The average Bonchev–Trinajstić information content (AvgIpc) is 2.14. The highest BCUT2D eigenvalue weighted by Crippen LogP contribution is 2.13. The Bertz CT molecular complexity index is 183. The van der Waals surface area contributed by atoms with Gasteiger partial charge in [0.25, 0.3) is 0 Å². The van der Waals surface area contributed by atoms with Crippen LogP contribution in [-0.2, 0) is 0 Å². The van der Waals surface area contributed by atoms with Crippen molar-refractivity contribution in [3.63, 3.8) is 0 Å². The molecule has 0 aliphatic heterocycles. The van der Waals surface area contributed by atoms with Gasteiger partial charge in [-0.1, -0.05) is 58.6 Å². The van der Waals surface area contributed by atoms with Gasteiger partial charge in [0.15, 0.2) is 0 Å². The maximum Gasteiger partial charge on any atom is 0.102 e. The fourth-order valence-electron chi connectivity index (χ4n) is 0.895. The fraction of sp³-hybridized carbons (Fsp3) is 0.600. The zero-order valence-corrected chi connectivity index (χ0v) is 12.2. The van der Waals surface area contributed by atoms with E-state index in [1.54, 1.807) is 0 Å². The number of unbranched alkanes of at least 4 members (excludes halogenated alkanes) is 2. The average molecular weight is 308 g/mol. The number of allylic oxidation sites excluding steroid dienone is 2. The summed E-state index contributed by atoms with van der Waals surface area (Å²) in [6, 6.07) is 0. The van der Waals surface area contributed by atoms with Crippen LogP contribution in [0, 0.1) is 0 Å². The van der Waals surface area contributed by atoms with Crippen LogP contribution in [0.3, 0.4) is 0 Å². The third-order valence-electron chi connectivity index (χ3n) is 1.58. The van der Waals surface area contributed by atoms with Crippen molar-refractivity contribution in [2.24, 2.45) is 0 Å². The molecule has 0 radical (unpaired) electrons. The largest absolute Gasteiger partial charge is 0.162 e. The number of hydrogen-bond acceptors (Lipinski definition) is 1. The van der Waals surface area contributed by atoms with Gasteiger partial charge in [0.2, 0.25) is 0 Å². The first-order valence-electron chi connectivity index (χ1n) is 4.73. The molecule has 0 N–H and O–H groups in total. The lowest BCUT2D eigenvalue weighted by Crippen LogP contribution is -1.83. The third kappa shape index (κ3) is 15.0. The van der Waals surface area contributed by atoms with Crippen LogP contribution in [0.5, 0.6) is 0 Å². The summed E-state index contributed by atoms with van der Waals surface area (Å²) in [4.78, 5) is 0. The van der Waals surface area contributed by atoms with Gasteiger partial charge < -0.3 is 0 Å². The Kier molecular flexibility index (Phi) is 12.2. The molecule has 0 spiro atoms. The number of thioether (sulfide) groups is 1. The number of hydrogen-bond donors (Lipinski definition) is 0. The second-order valence-corrected chi connectivity index (χ2v) is 6.12. The predicted octanol–water partition coefficient (Wildman–Crippen LogP) is 5.92. The first-order chi connectivity index (χ1) is 7.13. The SMILES string of the molecule is ClC(Cl)=CCCCSCCCC=C(Cl)Cl. The molecule has 0 aromatic heterocycles. The monoisotopic (exact) mass is 306 g/mol. The van der Waals surface area contributed by atoms with Crippen LogP contribution >= 0.6 is 58.2 Å². The maximum absolute atomic E-state index is 5.48. The van der Waals surface area contributed by atoms with Crippen LogP contribution in [0.1, 0.15) is 25.7 Å². The second-order valence-electron chi connectivity index (χ2n) is 2.88. The zero-order chi connectivity index (χ0) is 11.5. The molecule has 15 heavy (non-hydrogen) atoms. The van der Waals surface area contributed by atoms with Crippen molar-refractivity contribution >= 4 is 58.2 Å². The molecule has 0 aliphatic carbocycles. The highest BCUT2D eigenvalue weighted by Gasteiger charge is 1.91. The highest BCUT2D eigenvalue weighted by molar-refractivity contribution is 7.99. The van der Waals surface area contributed by atoms with Crippen molar-refractivity contribution in [1.82, 2.24) is 0 Å². The Balaban J connectivity index is 3.12. The molecule has 0 bridgehead atoms. The van der Waals surface area contributed by atoms with Gasteiger partial charge in [-0.05, 0) is 37.2 Å². The molecule has 0 amide bonds. The van der Waals surface area contributed by atoms with Crippen LogP contribution < -0.4 is 0 Å². The molecule has 0 nitrogen and oxygen atoms in total. The van der Waals surface area contributed by atoms with Gasteiger partial charge in [0.1, 0.15) is 8.98 Å². The molecule has 0 aromatic carbocycles. The van der Waals surface area contributed by atoms with Gasteiger partial charge in [-0.25, -0.2) is 0 Å². The first kappa shape index (κ1) is 16.0. The molecular formula is C10H14Cl4S. The molecular weight excluding hydrogens is 294 g/mol. The summed E-state index contributed by atoms with van der Waals surface area (Å²) in [6.45, 7) is 0. The van der Waals surface area contributed by atoms with E-state index in [-0.39, 0.29) is 0 Å². The van der Waals surface area contributed by atoms with Gasteiger partial charge in [-0.3, -0.25) is 0 Å². The van der Waals surface area contributed by atoms with E-state index in [1.807, 2.05) is 23.9 Å². The van der Waals surface area contributed by atoms with E-state index in [0.29, 0.717) is 8.98 Å². The third-order valence-corrected chi connectivity index (χ3v) is 3.35. The van der Waals surface area contributed by atoms with Gasteiger partial charge in [0, 0.05) is 0 Å². The Hall–Kier alpha value is 0.990. The lowest BCUT2D eigenvalue weighted by molar-refractivity contribution is 0.950. The van der Waals surface area contributed by atoms with E-state index >= 15 is 0 Å². The molecule has 0 fully saturated rings. The molecule has 0 saturated carbocycles. The first-order valence-corrected chi connectivity index (χ1v) is 7.39. The lowest BCUT2D eigenvalue weighted by Gasteiger charge is -1.98. The van der Waals surface area contributed by atoms with E-state index in [0.717, 1.165) is 37.2 Å². The van der Waals surface area contributed by atoms with E-state index in [1.165, 1.54) is 0 Å². The van der Waals surface area contributed by atoms with E-state index < -0.39 is 0 Å². The van der Waals surface area contributed by atoms with Gasteiger partial charge in [-0.15, -0.1) is 0 Å². The van der Waals surface area contributed by atoms with E-state index in [4.69, 9.17) is 46.4 Å². The summed E-state index contributed by atoms with van der Waals surface area (Å²) in [5.74, 6) is 2.27. The summed E-state index contributed by atoms with van der Waals surface area (Å²) in [6.07, 6.45) is 7.78. The van der Waals surface area contributed by atoms with Crippen molar-refractivity contribution in [1.29, 1.82) is 0 Å². The number of halogens is 4.